The van der Waals surface area contributed by atoms with Crippen molar-refractivity contribution in [3.8, 4) is 11.1 Å². The zero-order valence-electron chi connectivity index (χ0n) is 19.6. The fourth-order valence-corrected chi connectivity index (χ4v) is 5.18. The number of anilines is 1. The summed E-state index contributed by atoms with van der Waals surface area (Å²) < 4.78 is 0. The molecule has 0 fully saturated rings. The SMILES string of the molecule is NC(Nc1cccc(-c2cccc3ccccc23)c1)C1=CCCC(c2cccc3ccccc23)=C1. The highest BCUT2D eigenvalue weighted by Gasteiger charge is 2.15. The molecule has 0 aromatic heterocycles. The number of nitrogens with two attached hydrogens (primary N) is 1. The second-order valence-electron chi connectivity index (χ2n) is 9.17. The molecular formula is C33H28N2. The van der Waals surface area contributed by atoms with Crippen LogP contribution in [0.2, 0.25) is 0 Å². The standard InChI is InChI=1S/C33H28N2/c34-33(27-15-5-13-25(21-27)31-19-7-11-23-9-1-3-17-29(23)31)35-28-16-6-14-26(22-28)32-20-8-12-24-10-2-4-18-30(24)32/h1-4,6-12,14-22,33,35H,5,13,34H2. The summed E-state index contributed by atoms with van der Waals surface area (Å²) >= 11 is 0. The van der Waals surface area contributed by atoms with Gasteiger partial charge in [-0.2, -0.15) is 0 Å². The molecule has 0 bridgehead atoms. The Balaban J connectivity index is 1.28. The lowest BCUT2D eigenvalue weighted by molar-refractivity contribution is 0.875. The van der Waals surface area contributed by atoms with E-state index in [9.17, 15) is 0 Å². The lowest BCUT2D eigenvalue weighted by Gasteiger charge is -2.22. The molecule has 170 valence electrons. The van der Waals surface area contributed by atoms with Crippen molar-refractivity contribution in [1.29, 1.82) is 0 Å². The molecule has 1 aliphatic carbocycles. The second-order valence-corrected chi connectivity index (χ2v) is 9.17. The number of nitrogens with one attached hydrogen (secondary N) is 1. The normalized spacial score (nSPS) is 14.4. The average molecular weight is 453 g/mol. The molecule has 0 aliphatic heterocycles. The van der Waals surface area contributed by atoms with Gasteiger partial charge in [-0.1, -0.05) is 109 Å². The minimum absolute atomic E-state index is 0.275. The van der Waals surface area contributed by atoms with Crippen LogP contribution in [0.15, 0.2) is 127 Å². The maximum Gasteiger partial charge on any atom is 0.100 e. The van der Waals surface area contributed by atoms with Gasteiger partial charge in [-0.3, -0.25) is 0 Å². The maximum absolute atomic E-state index is 6.69. The monoisotopic (exact) mass is 452 g/mol. The Bertz CT molecular complexity index is 1580. The first-order chi connectivity index (χ1) is 17.3. The van der Waals surface area contributed by atoms with E-state index >= 15 is 0 Å². The van der Waals surface area contributed by atoms with E-state index in [0.717, 1.165) is 24.1 Å². The van der Waals surface area contributed by atoms with Gasteiger partial charge in [-0.25, -0.2) is 0 Å². The van der Waals surface area contributed by atoms with E-state index in [0.29, 0.717) is 0 Å². The number of rotatable bonds is 5. The van der Waals surface area contributed by atoms with E-state index in [-0.39, 0.29) is 6.17 Å². The Morgan fingerprint density at radius 2 is 1.29 bits per heavy atom. The molecule has 0 saturated carbocycles. The first-order valence-corrected chi connectivity index (χ1v) is 12.3. The molecule has 6 rings (SSSR count). The summed E-state index contributed by atoms with van der Waals surface area (Å²) in [6, 6.07) is 38.7. The fraction of sp³-hybridized carbons (Fsp3) is 0.0909. The summed E-state index contributed by atoms with van der Waals surface area (Å²) in [5.41, 5.74) is 13.9. The Hall–Kier alpha value is -4.14. The molecule has 5 aromatic rings. The van der Waals surface area contributed by atoms with Gasteiger partial charge >= 0.3 is 0 Å². The summed E-state index contributed by atoms with van der Waals surface area (Å²) in [7, 11) is 0. The van der Waals surface area contributed by atoms with Crippen LogP contribution in [-0.2, 0) is 0 Å². The quantitative estimate of drug-likeness (QED) is 0.264. The van der Waals surface area contributed by atoms with E-state index in [4.69, 9.17) is 5.73 Å². The van der Waals surface area contributed by atoms with Gasteiger partial charge in [-0.05, 0) is 74.4 Å². The van der Waals surface area contributed by atoms with Gasteiger partial charge in [0.15, 0.2) is 0 Å². The van der Waals surface area contributed by atoms with Crippen LogP contribution in [0, 0.1) is 0 Å². The molecule has 3 N–H and O–H groups in total. The minimum atomic E-state index is -0.275. The van der Waals surface area contributed by atoms with E-state index in [1.807, 2.05) is 0 Å². The highest BCUT2D eigenvalue weighted by molar-refractivity contribution is 5.97. The molecule has 1 atom stereocenters. The highest BCUT2D eigenvalue weighted by atomic mass is 15.0. The predicted molar refractivity (Wildman–Crippen MR) is 150 cm³/mol. The summed E-state index contributed by atoms with van der Waals surface area (Å²) in [4.78, 5) is 0. The van der Waals surface area contributed by atoms with Gasteiger partial charge in [0.25, 0.3) is 0 Å². The molecule has 5 aromatic carbocycles. The number of benzene rings is 5. The molecule has 35 heavy (non-hydrogen) atoms. The smallest absolute Gasteiger partial charge is 0.100 e. The predicted octanol–water partition coefficient (Wildman–Crippen LogP) is 8.16. The van der Waals surface area contributed by atoms with Crippen LogP contribution in [0.4, 0.5) is 5.69 Å². The minimum Gasteiger partial charge on any atom is -0.366 e. The topological polar surface area (TPSA) is 38.0 Å². The lowest BCUT2D eigenvalue weighted by atomic mass is 9.90. The first-order valence-electron chi connectivity index (χ1n) is 12.3. The van der Waals surface area contributed by atoms with Crippen molar-refractivity contribution >= 4 is 32.8 Å². The van der Waals surface area contributed by atoms with Crippen molar-refractivity contribution in [2.24, 2.45) is 5.73 Å². The molecule has 0 amide bonds. The summed E-state index contributed by atoms with van der Waals surface area (Å²) in [6.45, 7) is 0. The van der Waals surface area contributed by atoms with Crippen molar-refractivity contribution in [2.45, 2.75) is 19.0 Å². The second kappa shape index (κ2) is 9.25. The van der Waals surface area contributed by atoms with Gasteiger partial charge in [0.1, 0.15) is 6.17 Å². The number of hydrogen-bond donors (Lipinski definition) is 2. The number of hydrogen-bond acceptors (Lipinski definition) is 2. The van der Waals surface area contributed by atoms with E-state index < -0.39 is 0 Å². The third-order valence-corrected chi connectivity index (χ3v) is 6.91. The maximum atomic E-state index is 6.69. The molecule has 1 unspecified atom stereocenters. The van der Waals surface area contributed by atoms with E-state index in [1.165, 1.54) is 43.8 Å². The number of fused-ring (bicyclic) bond motifs is 2. The molecule has 2 nitrogen and oxygen atoms in total. The van der Waals surface area contributed by atoms with Crippen LogP contribution in [-0.4, -0.2) is 6.17 Å². The van der Waals surface area contributed by atoms with Crippen molar-refractivity contribution in [2.75, 3.05) is 5.32 Å². The third-order valence-electron chi connectivity index (χ3n) is 6.91. The van der Waals surface area contributed by atoms with Crippen LogP contribution >= 0.6 is 0 Å². The van der Waals surface area contributed by atoms with Crippen LogP contribution in [0.1, 0.15) is 18.4 Å². The van der Waals surface area contributed by atoms with E-state index in [1.54, 1.807) is 0 Å². The van der Waals surface area contributed by atoms with Crippen molar-refractivity contribution < 1.29 is 0 Å². The lowest BCUT2D eigenvalue weighted by Crippen LogP contribution is -2.31. The van der Waals surface area contributed by atoms with Crippen LogP contribution in [0.5, 0.6) is 0 Å². The molecule has 0 heterocycles. The Morgan fingerprint density at radius 3 is 2.06 bits per heavy atom. The molecular weight excluding hydrogens is 424 g/mol. The summed E-state index contributed by atoms with van der Waals surface area (Å²) in [5.74, 6) is 0. The Morgan fingerprint density at radius 1 is 0.657 bits per heavy atom. The highest BCUT2D eigenvalue weighted by Crippen LogP contribution is 2.33. The van der Waals surface area contributed by atoms with Crippen LogP contribution in [0.3, 0.4) is 0 Å². The van der Waals surface area contributed by atoms with Gasteiger partial charge in [0, 0.05) is 5.69 Å². The summed E-state index contributed by atoms with van der Waals surface area (Å²) in [6.07, 6.45) is 6.29. The fourth-order valence-electron chi connectivity index (χ4n) is 5.18. The molecule has 1 aliphatic rings. The van der Waals surface area contributed by atoms with Gasteiger partial charge in [-0.15, -0.1) is 0 Å². The molecule has 0 spiro atoms. The zero-order chi connectivity index (χ0) is 23.6. The van der Waals surface area contributed by atoms with Crippen molar-refractivity contribution in [3.63, 3.8) is 0 Å². The largest absolute Gasteiger partial charge is 0.366 e. The molecule has 0 saturated heterocycles. The van der Waals surface area contributed by atoms with Crippen LogP contribution in [0.25, 0.3) is 38.2 Å². The third kappa shape index (κ3) is 4.25. The first kappa shape index (κ1) is 21.4. The molecule has 2 heteroatoms. The van der Waals surface area contributed by atoms with E-state index in [2.05, 4.69) is 127 Å². The van der Waals surface area contributed by atoms with Crippen molar-refractivity contribution in [1.82, 2.24) is 0 Å². The van der Waals surface area contributed by atoms with Gasteiger partial charge < -0.3 is 11.1 Å². The van der Waals surface area contributed by atoms with Crippen molar-refractivity contribution in [3.05, 3.63) is 132 Å². The zero-order valence-corrected chi connectivity index (χ0v) is 19.6. The van der Waals surface area contributed by atoms with Gasteiger partial charge in [0.2, 0.25) is 0 Å². The number of allylic oxidation sites excluding steroid dienone is 2. The Kier molecular flexibility index (Phi) is 5.65. The average Bonchev–Trinajstić information content (AvgIpc) is 2.92. The van der Waals surface area contributed by atoms with Crippen LogP contribution < -0.4 is 11.1 Å². The Labute approximate surface area is 206 Å². The molecule has 0 radical (unpaired) electrons. The summed E-state index contributed by atoms with van der Waals surface area (Å²) in [5, 5.41) is 8.62. The van der Waals surface area contributed by atoms with Gasteiger partial charge in [0.05, 0.1) is 0 Å².